The molecule has 0 bridgehead atoms. The lowest BCUT2D eigenvalue weighted by atomic mass is 9.86. The van der Waals surface area contributed by atoms with Crippen LogP contribution in [0.2, 0.25) is 0 Å². The van der Waals surface area contributed by atoms with Crippen molar-refractivity contribution in [2.24, 2.45) is 0 Å². The second kappa shape index (κ2) is 17.3. The Bertz CT molecular complexity index is 4600. The number of phenolic OH excluding ortho intramolecular Hbond substituents is 5. The van der Waals surface area contributed by atoms with Gasteiger partial charge in [-0.05, 0) is 122 Å². The summed E-state index contributed by atoms with van der Waals surface area (Å²) >= 11 is 0. The summed E-state index contributed by atoms with van der Waals surface area (Å²) in [4.78, 5) is 67.1. The van der Waals surface area contributed by atoms with Gasteiger partial charge < -0.3 is 60.9 Å². The standard InChI is InChI=1S/C31H28O11.C25H18O6/c1-10-7-15-20-24-18(14-6-5-13(12(3)32)25(35)21(14)28(20)38)11(2)8-16(33)23(24)29(39)22(15)27(37)19(10)30(40)31(41)26(36)17(34)9-42-4;1-9-6-14-18(15(27)7-9)24(30)21-16(28)8-10(2)17-13-5-4-12(11(3)26)23(29)20(13)25(31)19(14)22(17)21/h5-8,17,26,31-32,34,36,38-41H,9H2,1-4H3;4-8,26,28-30H,1-3H3. The van der Waals surface area contributed by atoms with E-state index in [1.807, 2.05) is 0 Å². The van der Waals surface area contributed by atoms with Crippen molar-refractivity contribution in [2.75, 3.05) is 13.7 Å². The van der Waals surface area contributed by atoms with Crippen LogP contribution >= 0.6 is 0 Å². The van der Waals surface area contributed by atoms with Crippen LogP contribution in [-0.4, -0.2) is 88.2 Å². The monoisotopic (exact) mass is 990 g/mol. The molecule has 0 aliphatic carbocycles. The Balaban J connectivity index is 0.000000188. The highest BCUT2D eigenvalue weighted by atomic mass is 16.5. The molecule has 0 saturated heterocycles. The minimum atomic E-state index is -2.13. The molecule has 0 aliphatic rings. The van der Waals surface area contributed by atoms with Crippen LogP contribution in [-0.2, 0) is 4.74 Å². The molecule has 0 amide bonds. The molecule has 10 aromatic carbocycles. The first-order valence-electron chi connectivity index (χ1n) is 22.6. The van der Waals surface area contributed by atoms with Gasteiger partial charge in [0.2, 0.25) is 10.9 Å². The number of rotatable bonds is 5. The minimum absolute atomic E-state index is 0.00874. The average molecular weight is 991 g/mol. The first kappa shape index (κ1) is 49.4. The van der Waals surface area contributed by atoms with Crippen molar-refractivity contribution in [2.45, 2.75) is 59.9 Å². The highest BCUT2D eigenvalue weighted by Crippen LogP contribution is 2.48. The molecule has 10 rings (SSSR count). The van der Waals surface area contributed by atoms with E-state index < -0.39 is 73.3 Å². The number of aromatic hydroxyl groups is 5. The summed E-state index contributed by atoms with van der Waals surface area (Å²) < 4.78 is 4.75. The minimum Gasteiger partial charge on any atom is -0.512 e. The van der Waals surface area contributed by atoms with Crippen molar-refractivity contribution in [3.63, 3.8) is 0 Å². The molecule has 73 heavy (non-hydrogen) atoms. The normalized spacial score (nSPS) is 14.7. The van der Waals surface area contributed by atoms with Gasteiger partial charge in [0.25, 0.3) is 0 Å². The van der Waals surface area contributed by atoms with Gasteiger partial charge in [-0.2, -0.15) is 0 Å². The third-order valence-electron chi connectivity index (χ3n) is 13.9. The van der Waals surface area contributed by atoms with E-state index in [2.05, 4.69) is 0 Å². The summed E-state index contributed by atoms with van der Waals surface area (Å²) in [5.74, 6) is -3.71. The maximum Gasteiger partial charge on any atom is 0.201 e. The number of ether oxygens (including phenoxy) is 1. The molecule has 3 atom stereocenters. The summed E-state index contributed by atoms with van der Waals surface area (Å²) in [6.45, 7) is 8.83. The number of methoxy groups -OCH3 is 1. The predicted octanol–water partition coefficient (Wildman–Crippen LogP) is 3.96. The van der Waals surface area contributed by atoms with Gasteiger partial charge in [-0.15, -0.1) is 0 Å². The second-order valence-electron chi connectivity index (χ2n) is 18.5. The zero-order valence-corrected chi connectivity index (χ0v) is 40.0. The molecule has 0 saturated carbocycles. The maximum atomic E-state index is 13.9. The van der Waals surface area contributed by atoms with Crippen molar-refractivity contribution in [3.05, 3.63) is 144 Å². The summed E-state index contributed by atoms with van der Waals surface area (Å²) in [7, 11) is 1.25. The Hall–Kier alpha value is -8.61. The van der Waals surface area contributed by atoms with Crippen LogP contribution in [0.15, 0.2) is 78.6 Å². The molecular weight excluding hydrogens is 945 g/mol. The number of hydrogen-bond donors (Lipinski definition) is 11. The maximum absolute atomic E-state index is 13.9. The molecule has 0 aromatic heterocycles. The number of aryl methyl sites for hydroxylation is 4. The van der Waals surface area contributed by atoms with Crippen LogP contribution in [0, 0.1) is 27.7 Å². The Labute approximate surface area is 409 Å². The quantitative estimate of drug-likeness (QED) is 0.0859. The third kappa shape index (κ3) is 7.03. The highest BCUT2D eigenvalue weighted by molar-refractivity contribution is 6.34. The van der Waals surface area contributed by atoms with Crippen molar-refractivity contribution in [3.8, 4) is 28.7 Å². The van der Waals surface area contributed by atoms with Crippen LogP contribution in [0.5, 0.6) is 28.7 Å². The number of aliphatic hydroxyl groups excluding tert-OH is 6. The molecule has 0 spiro atoms. The molecular formula is C56H46O17. The van der Waals surface area contributed by atoms with Crippen molar-refractivity contribution in [1.82, 2.24) is 0 Å². The molecule has 0 fully saturated rings. The molecule has 3 unspecified atom stereocenters. The fraction of sp³-hybridized carbons (Fsp3) is 0.196. The van der Waals surface area contributed by atoms with E-state index in [0.29, 0.717) is 38.2 Å². The van der Waals surface area contributed by atoms with Gasteiger partial charge in [-0.3, -0.25) is 24.0 Å². The summed E-state index contributed by atoms with van der Waals surface area (Å²) in [6.07, 6.45) is -5.70. The molecule has 10 aromatic rings. The number of fused-ring (bicyclic) bond motifs is 8. The zero-order chi connectivity index (χ0) is 53.3. The van der Waals surface area contributed by atoms with Crippen LogP contribution in [0.3, 0.4) is 0 Å². The van der Waals surface area contributed by atoms with Gasteiger partial charge in [0.15, 0.2) is 16.3 Å². The average Bonchev–Trinajstić information content (AvgIpc) is 3.30. The molecule has 17 nitrogen and oxygen atoms in total. The fourth-order valence-electron chi connectivity index (χ4n) is 10.7. The topological polar surface area (TPSA) is 317 Å². The van der Waals surface area contributed by atoms with Gasteiger partial charge in [0.05, 0.1) is 54.6 Å². The highest BCUT2D eigenvalue weighted by Gasteiger charge is 2.31. The van der Waals surface area contributed by atoms with E-state index in [1.54, 1.807) is 32.9 Å². The van der Waals surface area contributed by atoms with Gasteiger partial charge in [0.1, 0.15) is 64.3 Å². The Morgan fingerprint density at radius 1 is 0.479 bits per heavy atom. The number of benzene rings is 10. The fourth-order valence-corrected chi connectivity index (χ4v) is 10.7. The van der Waals surface area contributed by atoms with Crippen molar-refractivity contribution >= 4 is 103 Å². The Kier molecular flexibility index (Phi) is 11.7. The molecule has 372 valence electrons. The lowest BCUT2D eigenvalue weighted by Crippen LogP contribution is -2.44. The third-order valence-corrected chi connectivity index (χ3v) is 13.9. The van der Waals surface area contributed by atoms with E-state index in [0.717, 1.165) is 0 Å². The molecule has 0 heterocycles. The Morgan fingerprint density at radius 3 is 1.59 bits per heavy atom. The summed E-state index contributed by atoms with van der Waals surface area (Å²) in [6, 6.07) is 13.1. The van der Waals surface area contributed by atoms with Crippen LogP contribution in [0.4, 0.5) is 0 Å². The summed E-state index contributed by atoms with van der Waals surface area (Å²) in [5.41, 5.74) is -1.69. The van der Waals surface area contributed by atoms with E-state index in [1.165, 1.54) is 70.3 Å². The van der Waals surface area contributed by atoms with E-state index in [9.17, 15) is 80.1 Å². The molecule has 0 radical (unpaired) electrons. The van der Waals surface area contributed by atoms with Gasteiger partial charge in [-0.1, -0.05) is 18.2 Å². The van der Waals surface area contributed by atoms with Crippen LogP contribution in [0.25, 0.3) is 103 Å². The molecule has 17 heteroatoms. The van der Waals surface area contributed by atoms with Crippen LogP contribution in [0.1, 0.15) is 36.1 Å². The van der Waals surface area contributed by atoms with E-state index >= 15 is 0 Å². The molecule has 0 aliphatic heterocycles. The van der Waals surface area contributed by atoms with Crippen LogP contribution < -0.4 is 42.8 Å². The van der Waals surface area contributed by atoms with Gasteiger partial charge >= 0.3 is 0 Å². The Morgan fingerprint density at radius 2 is 0.986 bits per heavy atom. The summed E-state index contributed by atoms with van der Waals surface area (Å²) in [5, 5.41) is 118. The first-order valence-corrected chi connectivity index (χ1v) is 22.6. The zero-order valence-electron chi connectivity index (χ0n) is 40.0. The number of hydrogen-bond acceptors (Lipinski definition) is 17. The van der Waals surface area contributed by atoms with Crippen molar-refractivity contribution in [1.29, 1.82) is 0 Å². The van der Waals surface area contributed by atoms with Gasteiger partial charge in [0, 0.05) is 39.4 Å². The SMILES string of the molecule is CC(O)=c1ccc2c(c1O)c(=O)c1c3cc(C)cc(=O)c3c(O)c3c(O)cc(C)c2c31.COCC(O)C(O)C(O)C(O)=c1c(C)cc2c(c(O)c3c(=O)cc(C)c4c5ccc(=C(C)O)c(=O)c5c(O)c2c34)c1=O. The second-order valence-corrected chi connectivity index (χ2v) is 18.5. The lowest BCUT2D eigenvalue weighted by Gasteiger charge is -2.22. The number of phenols is 5. The first-order chi connectivity index (χ1) is 34.4. The van der Waals surface area contributed by atoms with Gasteiger partial charge in [-0.25, -0.2) is 0 Å². The number of aliphatic hydroxyl groups is 6. The van der Waals surface area contributed by atoms with Crippen molar-refractivity contribution < 1.29 is 60.9 Å². The van der Waals surface area contributed by atoms with E-state index in [-0.39, 0.29) is 111 Å². The van der Waals surface area contributed by atoms with E-state index in [4.69, 9.17) is 4.74 Å². The smallest absolute Gasteiger partial charge is 0.201 e. The predicted molar refractivity (Wildman–Crippen MR) is 279 cm³/mol. The largest absolute Gasteiger partial charge is 0.512 e. The molecule has 11 N–H and O–H groups in total. The lowest BCUT2D eigenvalue weighted by molar-refractivity contribution is -0.0707.